The maximum atomic E-state index is 10.2. The Bertz CT molecular complexity index is 1220. The number of rotatable bonds is 4. The first-order valence-corrected chi connectivity index (χ1v) is 10.2. The van der Waals surface area contributed by atoms with Crippen molar-refractivity contribution in [1.29, 1.82) is 0 Å². The highest BCUT2D eigenvalue weighted by molar-refractivity contribution is 5.99. The number of hydrogen-bond donors (Lipinski definition) is 3. The van der Waals surface area contributed by atoms with Gasteiger partial charge in [0.25, 0.3) is 0 Å². The largest absolute Gasteiger partial charge is 0.480 e. The first-order valence-electron chi connectivity index (χ1n) is 10.2. The molecule has 0 bridgehead atoms. The molecule has 1 aliphatic carbocycles. The van der Waals surface area contributed by atoms with Gasteiger partial charge in [-0.1, -0.05) is 11.3 Å². The highest BCUT2D eigenvalue weighted by Gasteiger charge is 2.29. The summed E-state index contributed by atoms with van der Waals surface area (Å²) in [7, 11) is 3.50. The number of fused-ring (bicyclic) bond motifs is 2. The molecule has 0 radical (unpaired) electrons. The van der Waals surface area contributed by atoms with E-state index in [-0.39, 0.29) is 6.04 Å². The van der Waals surface area contributed by atoms with Crippen LogP contribution in [0.15, 0.2) is 24.4 Å². The lowest BCUT2D eigenvalue weighted by Gasteiger charge is -2.33. The highest BCUT2D eigenvalue weighted by atomic mass is 16.5. The lowest BCUT2D eigenvalue weighted by Crippen LogP contribution is -2.36. The fourth-order valence-electron chi connectivity index (χ4n) is 4.20. The molecule has 9 nitrogen and oxygen atoms in total. The molecule has 4 aromatic rings. The zero-order chi connectivity index (χ0) is 20.9. The summed E-state index contributed by atoms with van der Waals surface area (Å²) in [5.41, 5.74) is 3.92. The van der Waals surface area contributed by atoms with Crippen molar-refractivity contribution in [3.8, 4) is 17.0 Å². The van der Waals surface area contributed by atoms with Crippen LogP contribution in [0.5, 0.6) is 5.88 Å². The Hall–Kier alpha value is -3.20. The van der Waals surface area contributed by atoms with E-state index < -0.39 is 5.60 Å². The zero-order valence-corrected chi connectivity index (χ0v) is 17.3. The number of hydrogen-bond acceptors (Lipinski definition) is 7. The van der Waals surface area contributed by atoms with Crippen molar-refractivity contribution in [3.05, 3.63) is 24.4 Å². The summed E-state index contributed by atoms with van der Waals surface area (Å²) in [6.45, 7) is 1.90. The molecular weight excluding hydrogens is 382 g/mol. The molecule has 3 heterocycles. The first-order chi connectivity index (χ1) is 14.4. The normalized spacial score (nSPS) is 21.9. The van der Waals surface area contributed by atoms with E-state index in [1.165, 1.54) is 0 Å². The summed E-state index contributed by atoms with van der Waals surface area (Å²) in [6, 6.07) is 6.26. The Labute approximate surface area is 173 Å². The molecular formula is C21H25N7O2. The Morgan fingerprint density at radius 1 is 1.27 bits per heavy atom. The lowest BCUT2D eigenvalue weighted by molar-refractivity contribution is 0.0195. The molecule has 1 aliphatic rings. The molecule has 1 aromatic carbocycles. The summed E-state index contributed by atoms with van der Waals surface area (Å²) in [6.07, 6.45) is 5.22. The van der Waals surface area contributed by atoms with Gasteiger partial charge in [-0.3, -0.25) is 0 Å². The van der Waals surface area contributed by atoms with E-state index in [4.69, 9.17) is 4.74 Å². The molecule has 0 saturated heterocycles. The Morgan fingerprint density at radius 2 is 2.07 bits per heavy atom. The van der Waals surface area contributed by atoms with E-state index >= 15 is 0 Å². The minimum atomic E-state index is -0.570. The van der Waals surface area contributed by atoms with E-state index in [9.17, 15) is 5.11 Å². The van der Waals surface area contributed by atoms with Crippen molar-refractivity contribution >= 4 is 28.0 Å². The van der Waals surface area contributed by atoms with E-state index in [0.717, 1.165) is 53.2 Å². The molecule has 0 aliphatic heterocycles. The van der Waals surface area contributed by atoms with Crippen LogP contribution in [-0.2, 0) is 7.05 Å². The van der Waals surface area contributed by atoms with Gasteiger partial charge >= 0.3 is 0 Å². The van der Waals surface area contributed by atoms with Crippen LogP contribution in [0.1, 0.15) is 32.6 Å². The van der Waals surface area contributed by atoms with Crippen molar-refractivity contribution in [2.45, 2.75) is 44.2 Å². The fourth-order valence-corrected chi connectivity index (χ4v) is 4.20. The second kappa shape index (κ2) is 6.94. The van der Waals surface area contributed by atoms with Crippen LogP contribution in [0.4, 0.5) is 5.95 Å². The van der Waals surface area contributed by atoms with Gasteiger partial charge in [0.1, 0.15) is 11.2 Å². The van der Waals surface area contributed by atoms with Crippen LogP contribution in [0, 0.1) is 0 Å². The molecule has 0 spiro atoms. The predicted octanol–water partition coefficient (Wildman–Crippen LogP) is 3.02. The maximum absolute atomic E-state index is 10.2. The maximum Gasteiger partial charge on any atom is 0.228 e. The van der Waals surface area contributed by atoms with Crippen molar-refractivity contribution < 1.29 is 9.84 Å². The first kappa shape index (κ1) is 18.8. The summed E-state index contributed by atoms with van der Waals surface area (Å²) in [5.74, 6) is 1.05. The van der Waals surface area contributed by atoms with Gasteiger partial charge in [-0.25, -0.2) is 4.68 Å². The number of nitrogens with one attached hydrogen (secondary N) is 2. The third kappa shape index (κ3) is 3.24. The fraction of sp³-hybridized carbons (Fsp3) is 0.429. The average molecular weight is 407 g/mol. The molecule has 156 valence electrons. The molecule has 9 heteroatoms. The SMILES string of the molecule is COc1nc(NC2CCC(C)(O)CC2)nc2[nH]cc(-c3ccc4nnn(C)c4c3)c12. The monoisotopic (exact) mass is 407 g/mol. The zero-order valence-electron chi connectivity index (χ0n) is 17.3. The van der Waals surface area contributed by atoms with Gasteiger partial charge in [0.2, 0.25) is 11.8 Å². The third-order valence-electron chi connectivity index (χ3n) is 6.01. The van der Waals surface area contributed by atoms with Gasteiger partial charge in [0.05, 0.1) is 23.6 Å². The van der Waals surface area contributed by atoms with Crippen molar-refractivity contribution in [3.63, 3.8) is 0 Å². The number of aliphatic hydroxyl groups is 1. The number of nitrogens with zero attached hydrogens (tertiary/aromatic N) is 5. The average Bonchev–Trinajstić information content (AvgIpc) is 3.32. The summed E-state index contributed by atoms with van der Waals surface area (Å²) in [5, 5.41) is 22.6. The smallest absolute Gasteiger partial charge is 0.228 e. The standard InChI is InChI=1S/C21H25N7O2/c1-21(29)8-6-13(7-9-21)23-20-24-18-17(19(25-20)30-3)14(11-22-18)12-4-5-15-16(10-12)28(2)27-26-15/h4-5,10-11,13,29H,6-9H2,1-3H3,(H2,22,23,24,25). The van der Waals surface area contributed by atoms with Gasteiger partial charge in [-0.05, 0) is 50.3 Å². The van der Waals surface area contributed by atoms with Crippen LogP contribution in [0.25, 0.3) is 33.2 Å². The third-order valence-corrected chi connectivity index (χ3v) is 6.01. The van der Waals surface area contributed by atoms with Gasteiger partial charge in [-0.15, -0.1) is 5.10 Å². The summed E-state index contributed by atoms with van der Waals surface area (Å²) >= 11 is 0. The predicted molar refractivity (Wildman–Crippen MR) is 114 cm³/mol. The van der Waals surface area contributed by atoms with Gasteiger partial charge < -0.3 is 20.1 Å². The lowest BCUT2D eigenvalue weighted by atomic mass is 9.84. The van der Waals surface area contributed by atoms with Crippen molar-refractivity contribution in [2.75, 3.05) is 12.4 Å². The highest BCUT2D eigenvalue weighted by Crippen LogP contribution is 2.36. The van der Waals surface area contributed by atoms with Crippen LogP contribution in [-0.4, -0.2) is 53.8 Å². The summed E-state index contributed by atoms with van der Waals surface area (Å²) < 4.78 is 7.38. The van der Waals surface area contributed by atoms with Crippen molar-refractivity contribution in [1.82, 2.24) is 29.9 Å². The second-order valence-corrected chi connectivity index (χ2v) is 8.31. The van der Waals surface area contributed by atoms with E-state index in [1.54, 1.807) is 11.8 Å². The van der Waals surface area contributed by atoms with E-state index in [0.29, 0.717) is 17.5 Å². The van der Waals surface area contributed by atoms with Gasteiger partial charge in [-0.2, -0.15) is 9.97 Å². The Balaban J connectivity index is 1.50. The Morgan fingerprint density at radius 3 is 2.83 bits per heavy atom. The van der Waals surface area contributed by atoms with Crippen LogP contribution in [0.3, 0.4) is 0 Å². The number of methoxy groups -OCH3 is 1. The number of anilines is 1. The quantitative estimate of drug-likeness (QED) is 0.476. The minimum Gasteiger partial charge on any atom is -0.480 e. The second-order valence-electron chi connectivity index (χ2n) is 8.31. The van der Waals surface area contributed by atoms with Gasteiger partial charge in [0.15, 0.2) is 0 Å². The molecule has 0 amide bonds. The molecule has 30 heavy (non-hydrogen) atoms. The van der Waals surface area contributed by atoms with Gasteiger partial charge in [0, 0.05) is 24.8 Å². The summed E-state index contributed by atoms with van der Waals surface area (Å²) in [4.78, 5) is 12.6. The number of H-pyrrole nitrogens is 1. The minimum absolute atomic E-state index is 0.238. The number of ether oxygens (including phenoxy) is 1. The van der Waals surface area contributed by atoms with E-state index in [2.05, 4.69) is 36.6 Å². The molecule has 3 N–H and O–H groups in total. The topological polar surface area (TPSA) is 114 Å². The number of aryl methyl sites for hydroxylation is 1. The van der Waals surface area contributed by atoms with Crippen LogP contribution >= 0.6 is 0 Å². The van der Waals surface area contributed by atoms with Crippen LogP contribution in [0.2, 0.25) is 0 Å². The molecule has 3 aromatic heterocycles. The number of aromatic nitrogens is 6. The molecule has 0 unspecified atom stereocenters. The molecule has 0 atom stereocenters. The molecule has 1 fully saturated rings. The Kier molecular flexibility index (Phi) is 4.35. The van der Waals surface area contributed by atoms with Crippen molar-refractivity contribution in [2.24, 2.45) is 7.05 Å². The van der Waals surface area contributed by atoms with E-state index in [1.807, 2.05) is 32.3 Å². The number of aromatic amines is 1. The molecule has 1 saturated carbocycles. The molecule has 5 rings (SSSR count). The van der Waals surface area contributed by atoms with Crippen LogP contribution < -0.4 is 10.1 Å². The number of benzene rings is 1.